The van der Waals surface area contributed by atoms with Crippen LogP contribution >= 0.6 is 0 Å². The molecule has 27 heavy (non-hydrogen) atoms. The highest BCUT2D eigenvalue weighted by atomic mass is 16.5. The zero-order chi connectivity index (χ0) is 20.2. The van der Waals surface area contributed by atoms with Crippen molar-refractivity contribution in [3.05, 3.63) is 25.3 Å². The second-order valence-corrected chi connectivity index (χ2v) is 6.86. The molecule has 2 amide bonds. The molecular formula is C20H32N2O5. The average molecular weight is 380 g/mol. The Morgan fingerprint density at radius 2 is 2.07 bits per heavy atom. The highest BCUT2D eigenvalue weighted by molar-refractivity contribution is 5.86. The van der Waals surface area contributed by atoms with Gasteiger partial charge in [0.05, 0.1) is 25.1 Å². The molecule has 0 unspecified atom stereocenters. The zero-order valence-corrected chi connectivity index (χ0v) is 16.2. The number of amides is 2. The summed E-state index contributed by atoms with van der Waals surface area (Å²) < 4.78 is 5.21. The van der Waals surface area contributed by atoms with Crippen molar-refractivity contribution in [2.75, 3.05) is 19.7 Å². The van der Waals surface area contributed by atoms with Gasteiger partial charge < -0.3 is 20.1 Å². The number of carbonyl (C=O) groups excluding carboxylic acids is 3. The maximum Gasteiger partial charge on any atom is 0.306 e. The van der Waals surface area contributed by atoms with Crippen LogP contribution in [-0.2, 0) is 19.1 Å². The van der Waals surface area contributed by atoms with Crippen LogP contribution in [0.2, 0.25) is 0 Å². The Bertz CT molecular complexity index is 534. The summed E-state index contributed by atoms with van der Waals surface area (Å²) in [6, 6.07) is -0.153. The third-order valence-electron chi connectivity index (χ3n) is 4.60. The Morgan fingerprint density at radius 3 is 2.70 bits per heavy atom. The summed E-state index contributed by atoms with van der Waals surface area (Å²) in [6.45, 7) is 9.66. The molecule has 0 aromatic heterocycles. The van der Waals surface area contributed by atoms with Gasteiger partial charge in [0.25, 0.3) is 0 Å². The number of esters is 1. The normalized spacial score (nSPS) is 18.4. The number of ether oxygens (including phenoxy) is 1. The number of aliphatic hydroxyl groups is 1. The van der Waals surface area contributed by atoms with Crippen LogP contribution in [0.5, 0.6) is 0 Å². The maximum atomic E-state index is 12.5. The van der Waals surface area contributed by atoms with Crippen molar-refractivity contribution in [2.24, 2.45) is 5.92 Å². The Labute approximate surface area is 161 Å². The van der Waals surface area contributed by atoms with Gasteiger partial charge in [-0.2, -0.15) is 0 Å². The first-order valence-electron chi connectivity index (χ1n) is 9.52. The molecule has 2 N–H and O–H groups in total. The molecule has 1 rings (SSSR count). The number of likely N-dealkylation sites (tertiary alicyclic amines) is 1. The van der Waals surface area contributed by atoms with E-state index in [4.69, 9.17) is 4.74 Å². The smallest absolute Gasteiger partial charge is 0.306 e. The molecular weight excluding hydrogens is 348 g/mol. The fourth-order valence-corrected chi connectivity index (χ4v) is 3.10. The molecule has 1 aliphatic rings. The molecule has 7 nitrogen and oxygen atoms in total. The van der Waals surface area contributed by atoms with Gasteiger partial charge in [0.15, 0.2) is 0 Å². The first-order valence-corrected chi connectivity index (χ1v) is 9.52. The van der Waals surface area contributed by atoms with E-state index in [9.17, 15) is 19.5 Å². The lowest BCUT2D eigenvalue weighted by atomic mass is 9.99. The van der Waals surface area contributed by atoms with Crippen LogP contribution in [-0.4, -0.2) is 59.6 Å². The van der Waals surface area contributed by atoms with E-state index in [2.05, 4.69) is 18.5 Å². The quantitative estimate of drug-likeness (QED) is 0.396. The lowest BCUT2D eigenvalue weighted by Crippen LogP contribution is -2.42. The summed E-state index contributed by atoms with van der Waals surface area (Å²) >= 11 is 0. The number of aliphatic hydroxyl groups excluding tert-OH is 1. The van der Waals surface area contributed by atoms with E-state index in [0.29, 0.717) is 19.4 Å². The summed E-state index contributed by atoms with van der Waals surface area (Å²) in [6.07, 6.45) is 5.72. The van der Waals surface area contributed by atoms with E-state index in [1.807, 2.05) is 0 Å². The molecule has 0 saturated carbocycles. The number of nitrogens with one attached hydrogen (secondary N) is 1. The van der Waals surface area contributed by atoms with E-state index in [1.165, 1.54) is 0 Å². The van der Waals surface area contributed by atoms with E-state index in [0.717, 1.165) is 12.8 Å². The molecule has 0 radical (unpaired) electrons. The topological polar surface area (TPSA) is 95.9 Å². The summed E-state index contributed by atoms with van der Waals surface area (Å²) in [5.41, 5.74) is 0. The van der Waals surface area contributed by atoms with E-state index in [-0.39, 0.29) is 49.8 Å². The minimum Gasteiger partial charge on any atom is -0.461 e. The second kappa shape index (κ2) is 12.3. The molecule has 0 bridgehead atoms. The van der Waals surface area contributed by atoms with Crippen molar-refractivity contribution < 1.29 is 24.2 Å². The number of hydrogen-bond acceptors (Lipinski definition) is 5. The van der Waals surface area contributed by atoms with E-state index in [1.54, 1.807) is 24.0 Å². The van der Waals surface area contributed by atoms with E-state index < -0.39 is 12.0 Å². The second-order valence-electron chi connectivity index (χ2n) is 6.86. The van der Waals surface area contributed by atoms with Gasteiger partial charge in [0.2, 0.25) is 11.8 Å². The van der Waals surface area contributed by atoms with Crippen LogP contribution in [0.15, 0.2) is 25.3 Å². The van der Waals surface area contributed by atoms with Crippen LogP contribution in [0.25, 0.3) is 0 Å². The Morgan fingerprint density at radius 1 is 1.33 bits per heavy atom. The predicted octanol–water partition coefficient (Wildman–Crippen LogP) is 1.57. The fraction of sp³-hybridized carbons (Fsp3) is 0.650. The van der Waals surface area contributed by atoms with Gasteiger partial charge in [0, 0.05) is 19.4 Å². The highest BCUT2D eigenvalue weighted by Gasteiger charge is 2.31. The van der Waals surface area contributed by atoms with Gasteiger partial charge >= 0.3 is 5.97 Å². The third kappa shape index (κ3) is 7.95. The van der Waals surface area contributed by atoms with Gasteiger partial charge in [0.1, 0.15) is 6.10 Å². The Hall–Kier alpha value is -2.15. The number of rotatable bonds is 12. The van der Waals surface area contributed by atoms with Crippen molar-refractivity contribution in [1.82, 2.24) is 10.2 Å². The molecule has 1 saturated heterocycles. The number of carbonyl (C=O) groups is 3. The summed E-state index contributed by atoms with van der Waals surface area (Å²) in [4.78, 5) is 38.2. The van der Waals surface area contributed by atoms with Crippen molar-refractivity contribution >= 4 is 17.8 Å². The predicted molar refractivity (Wildman–Crippen MR) is 103 cm³/mol. The van der Waals surface area contributed by atoms with Gasteiger partial charge in [-0.1, -0.05) is 12.2 Å². The summed E-state index contributed by atoms with van der Waals surface area (Å²) in [5, 5.41) is 12.1. The largest absolute Gasteiger partial charge is 0.461 e. The zero-order valence-electron chi connectivity index (χ0n) is 16.2. The summed E-state index contributed by atoms with van der Waals surface area (Å²) in [5.74, 6) is -1.26. The molecule has 0 aliphatic carbocycles. The van der Waals surface area contributed by atoms with Crippen LogP contribution in [0.1, 0.15) is 45.4 Å². The van der Waals surface area contributed by atoms with Gasteiger partial charge in [-0.3, -0.25) is 14.4 Å². The van der Waals surface area contributed by atoms with Crippen molar-refractivity contribution in [3.63, 3.8) is 0 Å². The summed E-state index contributed by atoms with van der Waals surface area (Å²) in [7, 11) is 0. The van der Waals surface area contributed by atoms with Gasteiger partial charge in [-0.15, -0.1) is 13.2 Å². The molecule has 7 heteroatoms. The van der Waals surface area contributed by atoms with Crippen molar-refractivity contribution in [1.29, 1.82) is 0 Å². The Kier molecular flexibility index (Phi) is 10.4. The fourth-order valence-electron chi connectivity index (χ4n) is 3.10. The minimum atomic E-state index is -0.529. The molecule has 3 atom stereocenters. The SMILES string of the molecule is C=CCCC(=O)O[C@@H](C)CNC(=O)[C@@H](CC=C)CC(=O)N1CCC[C@H]1CO. The molecule has 152 valence electrons. The van der Waals surface area contributed by atoms with E-state index >= 15 is 0 Å². The van der Waals surface area contributed by atoms with Crippen LogP contribution in [0, 0.1) is 5.92 Å². The number of hydrogen-bond donors (Lipinski definition) is 2. The van der Waals surface area contributed by atoms with Crippen LogP contribution in [0.4, 0.5) is 0 Å². The molecule has 1 aliphatic heterocycles. The third-order valence-corrected chi connectivity index (χ3v) is 4.60. The van der Waals surface area contributed by atoms with Crippen molar-refractivity contribution in [3.8, 4) is 0 Å². The highest BCUT2D eigenvalue weighted by Crippen LogP contribution is 2.20. The van der Waals surface area contributed by atoms with Crippen LogP contribution in [0.3, 0.4) is 0 Å². The lowest BCUT2D eigenvalue weighted by Gasteiger charge is -2.25. The van der Waals surface area contributed by atoms with Crippen LogP contribution < -0.4 is 5.32 Å². The first-order chi connectivity index (χ1) is 12.9. The molecule has 0 aromatic rings. The standard InChI is InChI=1S/C20H32N2O5/c1-4-6-10-19(25)27-15(3)13-21-20(26)16(8-5-2)12-18(24)22-11-7-9-17(22)14-23/h4-5,15-17,23H,1-2,6-14H2,3H3,(H,21,26)/t15-,16-,17-/m0/s1. The molecule has 1 heterocycles. The molecule has 1 fully saturated rings. The number of nitrogens with zero attached hydrogens (tertiary/aromatic N) is 1. The van der Waals surface area contributed by atoms with Gasteiger partial charge in [-0.05, 0) is 32.6 Å². The Balaban J connectivity index is 2.49. The lowest BCUT2D eigenvalue weighted by molar-refractivity contribution is -0.148. The average Bonchev–Trinajstić information content (AvgIpc) is 3.12. The first kappa shape index (κ1) is 22.9. The molecule has 0 spiro atoms. The van der Waals surface area contributed by atoms with Gasteiger partial charge in [-0.25, -0.2) is 0 Å². The molecule has 0 aromatic carbocycles. The minimum absolute atomic E-state index is 0.0567. The monoisotopic (exact) mass is 380 g/mol. The maximum absolute atomic E-state index is 12.5. The number of allylic oxidation sites excluding steroid dienone is 2. The van der Waals surface area contributed by atoms with Crippen molar-refractivity contribution in [2.45, 2.75) is 57.6 Å².